The highest BCUT2D eigenvalue weighted by Crippen LogP contribution is 2.03. The second-order valence-corrected chi connectivity index (χ2v) is 6.51. The Balaban J connectivity index is 2.27. The molecule has 9 heteroatoms. The van der Waals surface area contributed by atoms with E-state index < -0.39 is 10.2 Å². The van der Waals surface area contributed by atoms with Gasteiger partial charge in [0.1, 0.15) is 0 Å². The maximum absolute atomic E-state index is 11.9. The summed E-state index contributed by atoms with van der Waals surface area (Å²) in [7, 11) is -3.51. The number of hydrogen-bond donors (Lipinski definition) is 2. The molecule has 0 saturated carbocycles. The van der Waals surface area contributed by atoms with Gasteiger partial charge in [-0.05, 0) is 6.42 Å². The molecule has 21 heavy (non-hydrogen) atoms. The van der Waals surface area contributed by atoms with Crippen molar-refractivity contribution in [1.29, 1.82) is 0 Å². The zero-order chi connectivity index (χ0) is 15.9. The molecule has 0 atom stereocenters. The third-order valence-corrected chi connectivity index (χ3v) is 4.42. The topological polar surface area (TPSA) is 98.8 Å². The fourth-order valence-corrected chi connectivity index (χ4v) is 2.95. The summed E-state index contributed by atoms with van der Waals surface area (Å²) < 4.78 is 27.7. The van der Waals surface area contributed by atoms with Crippen LogP contribution in [0.15, 0.2) is 0 Å². The molecular weight excluding hydrogens is 296 g/mol. The summed E-state index contributed by atoms with van der Waals surface area (Å²) in [5.74, 6) is -0.0896. The van der Waals surface area contributed by atoms with Gasteiger partial charge in [0.15, 0.2) is 0 Å². The number of nitrogens with zero attached hydrogens (tertiary/aromatic N) is 2. The molecule has 1 rings (SSSR count). The molecule has 1 aliphatic heterocycles. The van der Waals surface area contributed by atoms with Gasteiger partial charge in [0.25, 0.3) is 10.2 Å². The molecule has 1 fully saturated rings. The van der Waals surface area contributed by atoms with Crippen molar-refractivity contribution in [2.75, 3.05) is 39.3 Å². The van der Waals surface area contributed by atoms with Crippen LogP contribution >= 0.6 is 0 Å². The lowest BCUT2D eigenvalue weighted by atomic mass is 10.3. The van der Waals surface area contributed by atoms with Gasteiger partial charge < -0.3 is 9.80 Å². The molecule has 8 nitrogen and oxygen atoms in total. The van der Waals surface area contributed by atoms with Crippen LogP contribution in [0.5, 0.6) is 0 Å². The molecule has 0 spiro atoms. The predicted octanol–water partition coefficient (Wildman–Crippen LogP) is -1.10. The normalized spacial score (nSPS) is 16.1. The molecule has 2 amide bonds. The Hall–Kier alpha value is -1.19. The number of rotatable bonds is 7. The largest absolute Gasteiger partial charge is 0.339 e. The lowest BCUT2D eigenvalue weighted by Crippen LogP contribution is -2.50. The first-order valence-corrected chi connectivity index (χ1v) is 8.61. The summed E-state index contributed by atoms with van der Waals surface area (Å²) in [6, 6.07) is 0. The van der Waals surface area contributed by atoms with Crippen LogP contribution in [0.25, 0.3) is 0 Å². The molecular formula is C12H24N4O4S. The van der Waals surface area contributed by atoms with Crippen molar-refractivity contribution in [3.8, 4) is 0 Å². The highest BCUT2D eigenvalue weighted by Gasteiger charge is 2.22. The van der Waals surface area contributed by atoms with E-state index in [2.05, 4.69) is 9.44 Å². The molecule has 122 valence electrons. The van der Waals surface area contributed by atoms with E-state index in [1.165, 1.54) is 6.92 Å². The van der Waals surface area contributed by atoms with Gasteiger partial charge in [-0.25, -0.2) is 9.44 Å². The van der Waals surface area contributed by atoms with E-state index in [4.69, 9.17) is 0 Å². The van der Waals surface area contributed by atoms with E-state index in [-0.39, 0.29) is 24.8 Å². The SMILES string of the molecule is CCCNS(=O)(=O)NCCC(=O)N1CCN(C(C)=O)CC1. The standard InChI is InChI=1S/C12H24N4O4S/c1-3-5-13-21(19,20)14-6-4-12(18)16-9-7-15(8-10-16)11(2)17/h13-14H,3-10H2,1-2H3. The molecule has 0 aromatic rings. The summed E-state index contributed by atoms with van der Waals surface area (Å²) in [5, 5.41) is 0. The van der Waals surface area contributed by atoms with Gasteiger partial charge in [0.05, 0.1) is 0 Å². The van der Waals surface area contributed by atoms with Crippen molar-refractivity contribution >= 4 is 22.0 Å². The number of nitrogens with one attached hydrogen (secondary N) is 2. The van der Waals surface area contributed by atoms with E-state index in [9.17, 15) is 18.0 Å². The average molecular weight is 320 g/mol. The van der Waals surface area contributed by atoms with Gasteiger partial charge in [-0.15, -0.1) is 0 Å². The maximum Gasteiger partial charge on any atom is 0.276 e. The maximum atomic E-state index is 11.9. The average Bonchev–Trinajstić information content (AvgIpc) is 2.45. The van der Waals surface area contributed by atoms with Crippen molar-refractivity contribution in [3.63, 3.8) is 0 Å². The lowest BCUT2D eigenvalue weighted by molar-refractivity contribution is -0.138. The van der Waals surface area contributed by atoms with Crippen molar-refractivity contribution in [2.45, 2.75) is 26.7 Å². The molecule has 2 N–H and O–H groups in total. The van der Waals surface area contributed by atoms with Crippen molar-refractivity contribution in [2.24, 2.45) is 0 Å². The highest BCUT2D eigenvalue weighted by molar-refractivity contribution is 7.87. The summed E-state index contributed by atoms with van der Waals surface area (Å²) in [5.41, 5.74) is 0. The fraction of sp³-hybridized carbons (Fsp3) is 0.833. The zero-order valence-corrected chi connectivity index (χ0v) is 13.4. The van der Waals surface area contributed by atoms with Crippen LogP contribution in [0, 0.1) is 0 Å². The minimum Gasteiger partial charge on any atom is -0.339 e. The lowest BCUT2D eigenvalue weighted by Gasteiger charge is -2.34. The Morgan fingerprint density at radius 2 is 1.52 bits per heavy atom. The summed E-state index contributed by atoms with van der Waals surface area (Å²) in [6.07, 6.45) is 0.827. The second-order valence-electron chi connectivity index (χ2n) is 4.93. The van der Waals surface area contributed by atoms with Gasteiger partial charge in [-0.2, -0.15) is 8.42 Å². The number of carbonyl (C=O) groups excluding carboxylic acids is 2. The zero-order valence-electron chi connectivity index (χ0n) is 12.6. The second kappa shape index (κ2) is 8.30. The van der Waals surface area contributed by atoms with Gasteiger partial charge in [0.2, 0.25) is 11.8 Å². The first-order valence-electron chi connectivity index (χ1n) is 7.13. The Morgan fingerprint density at radius 3 is 2.05 bits per heavy atom. The van der Waals surface area contributed by atoms with Crippen LogP contribution in [0.2, 0.25) is 0 Å². The Morgan fingerprint density at radius 1 is 1.00 bits per heavy atom. The third kappa shape index (κ3) is 6.40. The molecule has 0 aliphatic carbocycles. The smallest absolute Gasteiger partial charge is 0.276 e. The van der Waals surface area contributed by atoms with E-state index >= 15 is 0 Å². The van der Waals surface area contributed by atoms with Crippen LogP contribution < -0.4 is 9.44 Å². The summed E-state index contributed by atoms with van der Waals surface area (Å²) >= 11 is 0. The van der Waals surface area contributed by atoms with Crippen LogP contribution in [0.3, 0.4) is 0 Å². The third-order valence-electron chi connectivity index (χ3n) is 3.25. The predicted molar refractivity (Wildman–Crippen MR) is 78.7 cm³/mol. The minimum atomic E-state index is -3.51. The Bertz CT molecular complexity index is 458. The van der Waals surface area contributed by atoms with Gasteiger partial charge >= 0.3 is 0 Å². The van der Waals surface area contributed by atoms with Crippen molar-refractivity contribution in [1.82, 2.24) is 19.2 Å². The molecule has 1 aliphatic rings. The molecule has 0 aromatic carbocycles. The van der Waals surface area contributed by atoms with Crippen LogP contribution in [-0.4, -0.2) is 69.3 Å². The minimum absolute atomic E-state index is 0.0110. The molecule has 1 saturated heterocycles. The Labute approximate surface area is 126 Å². The highest BCUT2D eigenvalue weighted by atomic mass is 32.2. The van der Waals surface area contributed by atoms with Crippen molar-refractivity contribution < 1.29 is 18.0 Å². The Kier molecular flexibility index (Phi) is 7.06. The number of carbonyl (C=O) groups is 2. The van der Waals surface area contributed by atoms with Gasteiger partial charge in [-0.3, -0.25) is 9.59 Å². The first kappa shape index (κ1) is 17.9. The number of amides is 2. The van der Waals surface area contributed by atoms with E-state index in [1.54, 1.807) is 9.80 Å². The molecule has 0 bridgehead atoms. The van der Waals surface area contributed by atoms with E-state index in [1.807, 2.05) is 6.92 Å². The number of piperazine rings is 1. The molecule has 0 unspecified atom stereocenters. The molecule has 0 radical (unpaired) electrons. The molecule has 1 heterocycles. The van der Waals surface area contributed by atoms with Crippen LogP contribution in [0.1, 0.15) is 26.7 Å². The van der Waals surface area contributed by atoms with Gasteiger partial charge in [0, 0.05) is 52.6 Å². The van der Waals surface area contributed by atoms with E-state index in [0.717, 1.165) is 0 Å². The fourth-order valence-electron chi connectivity index (χ4n) is 2.01. The monoisotopic (exact) mass is 320 g/mol. The first-order chi connectivity index (χ1) is 9.85. The summed E-state index contributed by atoms with van der Waals surface area (Å²) in [4.78, 5) is 26.5. The van der Waals surface area contributed by atoms with E-state index in [0.29, 0.717) is 39.1 Å². The summed E-state index contributed by atoms with van der Waals surface area (Å²) in [6.45, 7) is 5.89. The van der Waals surface area contributed by atoms with Crippen molar-refractivity contribution in [3.05, 3.63) is 0 Å². The van der Waals surface area contributed by atoms with Crippen LogP contribution in [-0.2, 0) is 19.8 Å². The van der Waals surface area contributed by atoms with Gasteiger partial charge in [-0.1, -0.05) is 6.92 Å². The number of hydrogen-bond acceptors (Lipinski definition) is 4. The quantitative estimate of drug-likeness (QED) is 0.622. The van der Waals surface area contributed by atoms with Crippen LogP contribution in [0.4, 0.5) is 0 Å². The molecule has 0 aromatic heterocycles.